The van der Waals surface area contributed by atoms with Crippen LogP contribution in [0.25, 0.3) is 11.0 Å². The number of pyridine rings is 1. The van der Waals surface area contributed by atoms with Crippen LogP contribution < -0.4 is 15.4 Å². The van der Waals surface area contributed by atoms with Crippen molar-refractivity contribution < 1.29 is 14.3 Å². The molecule has 5 rings (SSSR count). The summed E-state index contributed by atoms with van der Waals surface area (Å²) < 4.78 is 6.20. The SMILES string of the molecule is Cc1cnc(NC(=O)c2ccc(Oc3ccnc4[nH]nc(N[C@@H]5CCCN(C(=O)/C=C/CN(C)C)C5)c34)cc2)s1. The molecule has 0 aliphatic carbocycles. The number of H-pyrrole nitrogens is 1. The third-order valence-corrected chi connectivity index (χ3v) is 7.24. The Kier molecular flexibility index (Phi) is 8.37. The Morgan fingerprint density at radius 3 is 2.80 bits per heavy atom. The maximum Gasteiger partial charge on any atom is 0.257 e. The van der Waals surface area contributed by atoms with Crippen molar-refractivity contribution in [1.82, 2.24) is 30.0 Å². The third-order valence-electron chi connectivity index (χ3n) is 6.41. The zero-order chi connectivity index (χ0) is 28.1. The zero-order valence-corrected chi connectivity index (χ0v) is 23.5. The molecule has 2 amide bonds. The van der Waals surface area contributed by atoms with Crippen molar-refractivity contribution in [1.29, 1.82) is 0 Å². The second kappa shape index (κ2) is 12.3. The molecule has 1 aromatic carbocycles. The summed E-state index contributed by atoms with van der Waals surface area (Å²) in [4.78, 5) is 38.7. The van der Waals surface area contributed by atoms with Crippen LogP contribution in [0.4, 0.5) is 10.9 Å². The lowest BCUT2D eigenvalue weighted by Gasteiger charge is -2.32. The summed E-state index contributed by atoms with van der Waals surface area (Å²) in [5.41, 5.74) is 1.09. The summed E-state index contributed by atoms with van der Waals surface area (Å²) in [5.74, 6) is 1.55. The van der Waals surface area contributed by atoms with E-state index < -0.39 is 0 Å². The van der Waals surface area contributed by atoms with E-state index in [9.17, 15) is 9.59 Å². The van der Waals surface area contributed by atoms with Crippen LogP contribution in [-0.2, 0) is 4.79 Å². The molecule has 3 aromatic heterocycles. The van der Waals surface area contributed by atoms with E-state index in [1.165, 1.54) is 11.3 Å². The van der Waals surface area contributed by atoms with Crippen molar-refractivity contribution in [2.24, 2.45) is 0 Å². The van der Waals surface area contributed by atoms with Gasteiger partial charge in [0.05, 0.1) is 0 Å². The van der Waals surface area contributed by atoms with Crippen LogP contribution in [0.15, 0.2) is 54.9 Å². The lowest BCUT2D eigenvalue weighted by atomic mass is 10.1. The van der Waals surface area contributed by atoms with E-state index in [-0.39, 0.29) is 17.9 Å². The second-order valence-corrected chi connectivity index (χ2v) is 11.1. The maximum absolute atomic E-state index is 12.7. The van der Waals surface area contributed by atoms with Crippen LogP contribution in [0, 0.1) is 6.92 Å². The molecule has 3 N–H and O–H groups in total. The number of ether oxygens (including phenoxy) is 1. The van der Waals surface area contributed by atoms with Gasteiger partial charge in [0.1, 0.15) is 16.9 Å². The fraction of sp³-hybridized carbons (Fsp3) is 0.321. The third kappa shape index (κ3) is 6.64. The Morgan fingerprint density at radius 2 is 2.05 bits per heavy atom. The molecule has 11 nitrogen and oxygen atoms in total. The Hall–Kier alpha value is -4.29. The first-order valence-electron chi connectivity index (χ1n) is 13.1. The molecule has 4 aromatic rings. The van der Waals surface area contributed by atoms with Gasteiger partial charge in [0, 0.05) is 60.7 Å². The normalized spacial score (nSPS) is 15.6. The number of anilines is 2. The van der Waals surface area contributed by atoms with Crippen LogP contribution >= 0.6 is 11.3 Å². The Labute approximate surface area is 236 Å². The molecule has 1 aliphatic heterocycles. The number of hydrogen-bond acceptors (Lipinski definition) is 9. The molecular formula is C28H32N8O3S. The summed E-state index contributed by atoms with van der Waals surface area (Å²) in [6.45, 7) is 3.98. The number of aryl methyl sites for hydroxylation is 1. The monoisotopic (exact) mass is 560 g/mol. The minimum Gasteiger partial charge on any atom is -0.456 e. The summed E-state index contributed by atoms with van der Waals surface area (Å²) in [6.07, 6.45) is 8.73. The van der Waals surface area contributed by atoms with Gasteiger partial charge in [0.15, 0.2) is 16.6 Å². The quantitative estimate of drug-likeness (QED) is 0.259. The number of nitrogens with zero attached hydrogens (tertiary/aromatic N) is 5. The smallest absolute Gasteiger partial charge is 0.257 e. The predicted octanol–water partition coefficient (Wildman–Crippen LogP) is 4.29. The summed E-state index contributed by atoms with van der Waals surface area (Å²) in [5, 5.41) is 15.0. The van der Waals surface area contributed by atoms with E-state index in [2.05, 4.69) is 30.8 Å². The highest BCUT2D eigenvalue weighted by Gasteiger charge is 2.24. The van der Waals surface area contributed by atoms with Gasteiger partial charge in [-0.2, -0.15) is 5.10 Å². The molecule has 1 fully saturated rings. The van der Waals surface area contributed by atoms with E-state index in [4.69, 9.17) is 4.74 Å². The van der Waals surface area contributed by atoms with E-state index in [0.717, 1.165) is 36.2 Å². The van der Waals surface area contributed by atoms with Gasteiger partial charge in [-0.05, 0) is 58.1 Å². The van der Waals surface area contributed by atoms with Crippen LogP contribution in [0.5, 0.6) is 11.5 Å². The fourth-order valence-corrected chi connectivity index (χ4v) is 5.11. The number of aromatic amines is 1. The van der Waals surface area contributed by atoms with Crippen LogP contribution in [0.1, 0.15) is 28.1 Å². The van der Waals surface area contributed by atoms with Gasteiger partial charge < -0.3 is 19.9 Å². The lowest BCUT2D eigenvalue weighted by Crippen LogP contribution is -2.44. The number of carbonyl (C=O) groups is 2. The van der Waals surface area contributed by atoms with Crippen molar-refractivity contribution in [3.8, 4) is 11.5 Å². The van der Waals surface area contributed by atoms with Crippen molar-refractivity contribution in [3.05, 3.63) is 65.3 Å². The van der Waals surface area contributed by atoms with E-state index in [1.807, 2.05) is 36.9 Å². The summed E-state index contributed by atoms with van der Waals surface area (Å²) in [7, 11) is 3.94. The number of aromatic nitrogens is 4. The molecule has 4 heterocycles. The molecule has 40 heavy (non-hydrogen) atoms. The molecule has 0 bridgehead atoms. The van der Waals surface area contributed by atoms with E-state index in [1.54, 1.807) is 48.8 Å². The standard InChI is InChI=1S/C28H32N8O3S/c1-18-16-30-28(40-18)32-27(38)19-8-10-21(11-9-19)39-22-12-13-29-25-24(22)26(34-33-25)31-20-6-4-15-36(17-20)23(37)7-5-14-35(2)3/h5,7-13,16,20H,4,6,14-15,17H2,1-3H3,(H,30,32,38)(H2,29,31,33,34)/b7-5+/t20-/m1/s1. The molecule has 1 saturated heterocycles. The number of hydrogen-bond donors (Lipinski definition) is 3. The Bertz CT molecular complexity index is 1510. The Balaban J connectivity index is 1.26. The minimum atomic E-state index is -0.235. The number of benzene rings is 1. The largest absolute Gasteiger partial charge is 0.456 e. The molecular weight excluding hydrogens is 528 g/mol. The van der Waals surface area contributed by atoms with Crippen LogP contribution in [0.2, 0.25) is 0 Å². The average molecular weight is 561 g/mol. The van der Waals surface area contributed by atoms with Crippen molar-refractivity contribution >= 4 is 45.1 Å². The molecule has 0 spiro atoms. The highest BCUT2D eigenvalue weighted by molar-refractivity contribution is 7.15. The second-order valence-electron chi connectivity index (χ2n) is 9.89. The molecule has 0 saturated carbocycles. The highest BCUT2D eigenvalue weighted by atomic mass is 32.1. The van der Waals surface area contributed by atoms with Gasteiger partial charge in [-0.1, -0.05) is 6.08 Å². The first-order chi connectivity index (χ1) is 19.4. The lowest BCUT2D eigenvalue weighted by molar-refractivity contribution is -0.127. The number of likely N-dealkylation sites (N-methyl/N-ethyl adjacent to an activating group) is 1. The van der Waals surface area contributed by atoms with Crippen LogP contribution in [-0.4, -0.2) is 81.6 Å². The number of rotatable bonds is 9. The number of likely N-dealkylation sites (tertiary alicyclic amines) is 1. The molecule has 0 unspecified atom stereocenters. The van der Waals surface area contributed by atoms with Crippen LogP contribution in [0.3, 0.4) is 0 Å². The van der Waals surface area contributed by atoms with E-state index in [0.29, 0.717) is 40.2 Å². The first kappa shape index (κ1) is 27.3. The molecule has 0 radical (unpaired) electrons. The molecule has 12 heteroatoms. The number of amides is 2. The average Bonchev–Trinajstić information content (AvgIpc) is 3.55. The van der Waals surface area contributed by atoms with Gasteiger partial charge in [-0.15, -0.1) is 11.3 Å². The number of fused-ring (bicyclic) bond motifs is 1. The van der Waals surface area contributed by atoms with Gasteiger partial charge in [0.2, 0.25) is 5.91 Å². The van der Waals surface area contributed by atoms with Gasteiger partial charge in [-0.3, -0.25) is 20.0 Å². The summed E-state index contributed by atoms with van der Waals surface area (Å²) in [6, 6.07) is 8.73. The predicted molar refractivity (Wildman–Crippen MR) is 156 cm³/mol. The topological polar surface area (TPSA) is 128 Å². The number of piperidine rings is 1. The Morgan fingerprint density at radius 1 is 1.23 bits per heavy atom. The molecule has 1 aliphatic rings. The zero-order valence-electron chi connectivity index (χ0n) is 22.7. The van der Waals surface area contributed by atoms with Gasteiger partial charge >= 0.3 is 0 Å². The molecule has 208 valence electrons. The maximum atomic E-state index is 12.7. The molecule has 1 atom stereocenters. The minimum absolute atomic E-state index is 0.0184. The number of nitrogens with one attached hydrogen (secondary N) is 3. The number of carbonyl (C=O) groups excluding carboxylic acids is 2. The van der Waals surface area contributed by atoms with E-state index >= 15 is 0 Å². The van der Waals surface area contributed by atoms with Crippen molar-refractivity contribution in [2.45, 2.75) is 25.8 Å². The van der Waals surface area contributed by atoms with Gasteiger partial charge in [-0.25, -0.2) is 9.97 Å². The van der Waals surface area contributed by atoms with Crippen molar-refractivity contribution in [2.75, 3.05) is 44.4 Å². The van der Waals surface area contributed by atoms with Crippen molar-refractivity contribution in [3.63, 3.8) is 0 Å². The first-order valence-corrected chi connectivity index (χ1v) is 13.9. The highest BCUT2D eigenvalue weighted by Crippen LogP contribution is 2.33. The summed E-state index contributed by atoms with van der Waals surface area (Å²) >= 11 is 1.42. The fourth-order valence-electron chi connectivity index (χ4n) is 4.45. The van der Waals surface area contributed by atoms with Gasteiger partial charge in [0.25, 0.3) is 5.91 Å². The number of thiazole rings is 1.